The number of amides is 2. The Labute approximate surface area is 168 Å². The van der Waals surface area contributed by atoms with Crippen LogP contribution in [0.4, 0.5) is 0 Å². The molecule has 0 N–H and O–H groups in total. The molecule has 1 aliphatic rings. The number of esters is 1. The number of carbonyl (C=O) groups excluding carboxylic acids is 3. The fourth-order valence-electron chi connectivity index (χ4n) is 2.88. The highest BCUT2D eigenvalue weighted by molar-refractivity contribution is 6.31. The Morgan fingerprint density at radius 2 is 1.71 bits per heavy atom. The van der Waals surface area contributed by atoms with E-state index >= 15 is 0 Å². The Morgan fingerprint density at radius 1 is 1.04 bits per heavy atom. The van der Waals surface area contributed by atoms with Crippen LogP contribution in [0.3, 0.4) is 0 Å². The van der Waals surface area contributed by atoms with Gasteiger partial charge in [-0.2, -0.15) is 0 Å². The largest absolute Gasteiger partial charge is 0.494 e. The molecule has 7 heteroatoms. The van der Waals surface area contributed by atoms with Crippen molar-refractivity contribution in [2.24, 2.45) is 0 Å². The zero-order chi connectivity index (χ0) is 20.1. The second-order valence-electron chi connectivity index (χ2n) is 6.39. The molecule has 2 aromatic rings. The Balaban J connectivity index is 1.35. The van der Waals surface area contributed by atoms with E-state index in [4.69, 9.17) is 21.1 Å². The predicted molar refractivity (Wildman–Crippen MR) is 104 cm³/mol. The number of imide groups is 1. The molecule has 2 aromatic carbocycles. The highest BCUT2D eigenvalue weighted by Gasteiger charge is 2.34. The van der Waals surface area contributed by atoms with Crippen LogP contribution in [0.2, 0.25) is 5.02 Å². The van der Waals surface area contributed by atoms with Crippen molar-refractivity contribution in [3.8, 4) is 5.75 Å². The van der Waals surface area contributed by atoms with Gasteiger partial charge in [0.1, 0.15) is 12.4 Å². The molecular weight excluding hydrogens is 382 g/mol. The molecule has 2 amide bonds. The number of halogens is 1. The van der Waals surface area contributed by atoms with Crippen molar-refractivity contribution < 1.29 is 23.9 Å². The molecule has 1 aliphatic heterocycles. The van der Waals surface area contributed by atoms with E-state index < -0.39 is 5.97 Å². The van der Waals surface area contributed by atoms with E-state index in [2.05, 4.69) is 0 Å². The van der Waals surface area contributed by atoms with E-state index in [1.807, 2.05) is 13.0 Å². The summed E-state index contributed by atoms with van der Waals surface area (Å²) < 4.78 is 10.7. The van der Waals surface area contributed by atoms with Crippen LogP contribution in [0.25, 0.3) is 0 Å². The maximum Gasteiger partial charge on any atom is 0.305 e. The van der Waals surface area contributed by atoms with Gasteiger partial charge in [0.2, 0.25) is 0 Å². The van der Waals surface area contributed by atoms with Gasteiger partial charge in [-0.1, -0.05) is 23.7 Å². The fraction of sp³-hybridized carbons (Fsp3) is 0.286. The lowest BCUT2D eigenvalue weighted by Gasteiger charge is -2.13. The van der Waals surface area contributed by atoms with Gasteiger partial charge in [0.25, 0.3) is 11.8 Å². The van der Waals surface area contributed by atoms with E-state index in [-0.39, 0.29) is 31.4 Å². The average Bonchev–Trinajstić information content (AvgIpc) is 2.93. The Morgan fingerprint density at radius 3 is 2.36 bits per heavy atom. The van der Waals surface area contributed by atoms with Crippen molar-refractivity contribution in [2.75, 3.05) is 19.8 Å². The Bertz CT molecular complexity index is 876. The normalized spacial score (nSPS) is 12.9. The van der Waals surface area contributed by atoms with Gasteiger partial charge in [0, 0.05) is 11.4 Å². The van der Waals surface area contributed by atoms with Crippen LogP contribution >= 0.6 is 11.6 Å². The minimum absolute atomic E-state index is 0.0263. The number of hydrogen-bond acceptors (Lipinski definition) is 5. The highest BCUT2D eigenvalue weighted by Crippen LogP contribution is 2.22. The van der Waals surface area contributed by atoms with E-state index in [1.165, 1.54) is 0 Å². The molecule has 0 fully saturated rings. The number of carbonyl (C=O) groups is 3. The van der Waals surface area contributed by atoms with E-state index in [1.54, 1.807) is 36.4 Å². The van der Waals surface area contributed by atoms with Crippen molar-refractivity contribution >= 4 is 29.4 Å². The second-order valence-corrected chi connectivity index (χ2v) is 6.80. The lowest BCUT2D eigenvalue weighted by Crippen LogP contribution is -2.33. The molecule has 28 heavy (non-hydrogen) atoms. The number of ether oxygens (including phenoxy) is 2. The summed E-state index contributed by atoms with van der Waals surface area (Å²) in [5, 5.41) is 0.675. The van der Waals surface area contributed by atoms with Crippen LogP contribution in [0.5, 0.6) is 5.75 Å². The van der Waals surface area contributed by atoms with Crippen molar-refractivity contribution in [1.29, 1.82) is 0 Å². The molecule has 3 rings (SSSR count). The first kappa shape index (κ1) is 19.9. The molecule has 0 atom stereocenters. The molecule has 0 saturated heterocycles. The van der Waals surface area contributed by atoms with Crippen LogP contribution < -0.4 is 4.74 Å². The zero-order valence-corrected chi connectivity index (χ0v) is 16.2. The summed E-state index contributed by atoms with van der Waals surface area (Å²) >= 11 is 5.96. The SMILES string of the molecule is Cc1cc(OCCCC(=O)OCCN2C(=O)c3ccccc3C2=O)ccc1Cl. The highest BCUT2D eigenvalue weighted by atomic mass is 35.5. The van der Waals surface area contributed by atoms with E-state index in [0.29, 0.717) is 34.9 Å². The quantitative estimate of drug-likeness (QED) is 0.383. The number of nitrogens with zero attached hydrogens (tertiary/aromatic N) is 1. The van der Waals surface area contributed by atoms with Crippen molar-refractivity contribution in [3.63, 3.8) is 0 Å². The van der Waals surface area contributed by atoms with E-state index in [0.717, 1.165) is 10.5 Å². The lowest BCUT2D eigenvalue weighted by molar-refractivity contribution is -0.144. The molecule has 0 bridgehead atoms. The monoisotopic (exact) mass is 401 g/mol. The number of hydrogen-bond donors (Lipinski definition) is 0. The van der Waals surface area contributed by atoms with Gasteiger partial charge in [0.05, 0.1) is 24.3 Å². The number of rotatable bonds is 8. The van der Waals surface area contributed by atoms with Gasteiger partial charge in [-0.25, -0.2) is 0 Å². The zero-order valence-electron chi connectivity index (χ0n) is 15.4. The third-order valence-corrected chi connectivity index (χ3v) is 4.80. The molecule has 0 saturated carbocycles. The molecule has 0 unspecified atom stereocenters. The first-order valence-corrected chi connectivity index (χ1v) is 9.35. The average molecular weight is 402 g/mol. The van der Waals surface area contributed by atoms with Crippen molar-refractivity contribution in [2.45, 2.75) is 19.8 Å². The van der Waals surface area contributed by atoms with Crippen LogP contribution in [-0.2, 0) is 9.53 Å². The summed E-state index contributed by atoms with van der Waals surface area (Å²) in [6.07, 6.45) is 0.683. The summed E-state index contributed by atoms with van der Waals surface area (Å²) in [5.41, 5.74) is 1.69. The summed E-state index contributed by atoms with van der Waals surface area (Å²) in [7, 11) is 0. The maximum absolute atomic E-state index is 12.2. The molecular formula is C21H20ClNO5. The van der Waals surface area contributed by atoms with Crippen LogP contribution in [0.15, 0.2) is 42.5 Å². The molecule has 0 spiro atoms. The number of aryl methyl sites for hydroxylation is 1. The smallest absolute Gasteiger partial charge is 0.305 e. The van der Waals surface area contributed by atoms with Gasteiger partial charge >= 0.3 is 5.97 Å². The maximum atomic E-state index is 12.2. The van der Waals surface area contributed by atoms with Gasteiger partial charge in [-0.3, -0.25) is 19.3 Å². The van der Waals surface area contributed by atoms with Crippen molar-refractivity contribution in [1.82, 2.24) is 4.90 Å². The third kappa shape index (κ3) is 4.51. The lowest BCUT2D eigenvalue weighted by atomic mass is 10.1. The number of fused-ring (bicyclic) bond motifs is 1. The molecule has 0 aromatic heterocycles. The molecule has 0 radical (unpaired) electrons. The predicted octanol–water partition coefficient (Wildman–Crippen LogP) is 3.65. The fourth-order valence-corrected chi connectivity index (χ4v) is 3.00. The van der Waals surface area contributed by atoms with Gasteiger partial charge in [0.15, 0.2) is 0 Å². The van der Waals surface area contributed by atoms with Crippen LogP contribution in [0.1, 0.15) is 39.1 Å². The summed E-state index contributed by atoms with van der Waals surface area (Å²) in [6, 6.07) is 12.0. The summed E-state index contributed by atoms with van der Waals surface area (Å²) in [5.74, 6) is -0.417. The Hall–Kier alpha value is -2.86. The Kier molecular flexibility index (Phi) is 6.31. The standard InChI is InChI=1S/C21H20ClNO5/c1-14-13-15(8-9-18(14)22)27-11-4-7-19(24)28-12-10-23-20(25)16-5-2-3-6-17(16)21(23)26/h2-3,5-6,8-9,13H,4,7,10-12H2,1H3. The molecule has 146 valence electrons. The minimum Gasteiger partial charge on any atom is -0.494 e. The first-order valence-electron chi connectivity index (χ1n) is 8.97. The van der Waals surface area contributed by atoms with Gasteiger partial charge in [-0.15, -0.1) is 0 Å². The third-order valence-electron chi connectivity index (χ3n) is 4.38. The first-order chi connectivity index (χ1) is 13.5. The molecule has 0 aliphatic carbocycles. The topological polar surface area (TPSA) is 72.9 Å². The van der Waals surface area contributed by atoms with E-state index in [9.17, 15) is 14.4 Å². The molecule has 1 heterocycles. The van der Waals surface area contributed by atoms with Crippen molar-refractivity contribution in [3.05, 3.63) is 64.2 Å². The minimum atomic E-state index is -0.396. The second kappa shape index (κ2) is 8.89. The van der Waals surface area contributed by atoms with Crippen LogP contribution in [-0.4, -0.2) is 42.4 Å². The number of benzene rings is 2. The molecule has 6 nitrogen and oxygen atoms in total. The summed E-state index contributed by atoms with van der Waals surface area (Å²) in [4.78, 5) is 37.4. The van der Waals surface area contributed by atoms with Crippen LogP contribution in [0, 0.1) is 6.92 Å². The van der Waals surface area contributed by atoms with Gasteiger partial charge in [-0.05, 0) is 49.2 Å². The van der Waals surface area contributed by atoms with Gasteiger partial charge < -0.3 is 9.47 Å². The summed E-state index contributed by atoms with van der Waals surface area (Å²) in [6.45, 7) is 2.27.